The van der Waals surface area contributed by atoms with Crippen LogP contribution in [0.3, 0.4) is 0 Å². The van der Waals surface area contributed by atoms with Crippen molar-refractivity contribution in [3.8, 4) is 0 Å². The van der Waals surface area contributed by atoms with Gasteiger partial charge in [-0.3, -0.25) is 0 Å². The molecule has 0 fully saturated rings. The average molecular weight is 234 g/mol. The van der Waals surface area contributed by atoms with Crippen molar-refractivity contribution >= 4 is 29.7 Å². The number of rotatable bonds is 4. The zero-order valence-corrected chi connectivity index (χ0v) is 9.56. The summed E-state index contributed by atoms with van der Waals surface area (Å²) < 4.78 is 4.98. The van der Waals surface area contributed by atoms with Crippen molar-refractivity contribution in [3.05, 3.63) is 35.9 Å². The second-order valence-electron chi connectivity index (χ2n) is 2.56. The fourth-order valence-corrected chi connectivity index (χ4v) is 1.72. The van der Waals surface area contributed by atoms with Crippen molar-refractivity contribution in [1.29, 1.82) is 0 Å². The van der Waals surface area contributed by atoms with Crippen LogP contribution in [0, 0.1) is 0 Å². The van der Waals surface area contributed by atoms with Crippen LogP contribution in [0.15, 0.2) is 30.3 Å². The van der Waals surface area contributed by atoms with Gasteiger partial charge in [0.05, 0.1) is 6.61 Å². The Bertz CT molecular complexity index is 296. The van der Waals surface area contributed by atoms with Crippen LogP contribution in [0.1, 0.15) is 5.56 Å². The van der Waals surface area contributed by atoms with Crippen molar-refractivity contribution < 1.29 is 9.42 Å². The Labute approximate surface area is 88.3 Å². The Kier molecular flexibility index (Phi) is 4.42. The number of hydrogen-bond acceptors (Lipinski definition) is 2. The molecular weight excluding hydrogens is 223 g/mol. The first-order chi connectivity index (χ1) is 6.08. The fourth-order valence-electron chi connectivity index (χ4n) is 0.927. The normalized spacial score (nSPS) is 15.2. The molecule has 0 amide bonds. The summed E-state index contributed by atoms with van der Waals surface area (Å²) >= 11 is 8.37. The van der Waals surface area contributed by atoms with Crippen molar-refractivity contribution in [2.45, 2.75) is 6.42 Å². The molecule has 0 bridgehead atoms. The molecule has 1 atom stereocenters. The predicted molar refractivity (Wildman–Crippen MR) is 61.6 cm³/mol. The smallest absolute Gasteiger partial charge is 0.241 e. The third-order valence-electron chi connectivity index (χ3n) is 1.49. The highest BCUT2D eigenvalue weighted by Crippen LogP contribution is 2.47. The maximum Gasteiger partial charge on any atom is 0.241 e. The van der Waals surface area contributed by atoms with E-state index >= 15 is 0 Å². The highest BCUT2D eigenvalue weighted by atomic mass is 32.9. The SMILES string of the molecule is OP(=S)(S)OCCc1ccccc1. The van der Waals surface area contributed by atoms with Gasteiger partial charge in [-0.15, -0.1) is 0 Å². The van der Waals surface area contributed by atoms with E-state index in [4.69, 9.17) is 9.42 Å². The van der Waals surface area contributed by atoms with E-state index in [2.05, 4.69) is 24.1 Å². The van der Waals surface area contributed by atoms with Crippen molar-refractivity contribution in [2.75, 3.05) is 6.61 Å². The summed E-state index contributed by atoms with van der Waals surface area (Å²) in [5.74, 6) is 0. The van der Waals surface area contributed by atoms with E-state index in [-0.39, 0.29) is 0 Å². The molecule has 72 valence electrons. The van der Waals surface area contributed by atoms with Crippen LogP contribution in [0.25, 0.3) is 0 Å². The second kappa shape index (κ2) is 5.13. The lowest BCUT2D eigenvalue weighted by Crippen LogP contribution is -1.94. The fraction of sp³-hybridized carbons (Fsp3) is 0.250. The topological polar surface area (TPSA) is 29.5 Å². The van der Waals surface area contributed by atoms with E-state index in [1.807, 2.05) is 30.3 Å². The quantitative estimate of drug-likeness (QED) is 0.619. The van der Waals surface area contributed by atoms with Crippen molar-refractivity contribution in [1.82, 2.24) is 0 Å². The highest BCUT2D eigenvalue weighted by molar-refractivity contribution is 8.59. The molecule has 1 unspecified atom stereocenters. The van der Waals surface area contributed by atoms with E-state index in [9.17, 15) is 0 Å². The number of hydrogen-bond donors (Lipinski definition) is 2. The van der Waals surface area contributed by atoms with E-state index in [0.29, 0.717) is 6.61 Å². The van der Waals surface area contributed by atoms with Gasteiger partial charge in [0.25, 0.3) is 0 Å². The summed E-state index contributed by atoms with van der Waals surface area (Å²) in [4.78, 5) is 9.06. The van der Waals surface area contributed by atoms with Crippen LogP contribution in [0.5, 0.6) is 0 Å². The van der Waals surface area contributed by atoms with Crippen LogP contribution in [0.2, 0.25) is 0 Å². The summed E-state index contributed by atoms with van der Waals surface area (Å²) in [6, 6.07) is 9.89. The zero-order valence-electron chi connectivity index (χ0n) is 6.96. The van der Waals surface area contributed by atoms with Gasteiger partial charge in [-0.05, 0) is 23.8 Å². The van der Waals surface area contributed by atoms with Gasteiger partial charge >= 0.3 is 0 Å². The molecule has 1 N–H and O–H groups in total. The van der Waals surface area contributed by atoms with Crippen LogP contribution >= 0.6 is 17.9 Å². The molecule has 1 aromatic rings. The molecule has 2 nitrogen and oxygen atoms in total. The first kappa shape index (κ1) is 11.2. The van der Waals surface area contributed by atoms with Gasteiger partial charge in [0.15, 0.2) is 0 Å². The number of benzene rings is 1. The lowest BCUT2D eigenvalue weighted by Gasteiger charge is -2.08. The maximum absolute atomic E-state index is 9.06. The van der Waals surface area contributed by atoms with Crippen molar-refractivity contribution in [3.63, 3.8) is 0 Å². The van der Waals surface area contributed by atoms with Gasteiger partial charge in [-0.1, -0.05) is 42.6 Å². The minimum Gasteiger partial charge on any atom is -0.338 e. The molecule has 0 heterocycles. The van der Waals surface area contributed by atoms with Crippen LogP contribution in [-0.4, -0.2) is 11.5 Å². The third kappa shape index (κ3) is 5.45. The van der Waals surface area contributed by atoms with Gasteiger partial charge in [-0.25, -0.2) is 0 Å². The molecule has 0 aliphatic carbocycles. The Morgan fingerprint density at radius 3 is 2.54 bits per heavy atom. The molecule has 13 heavy (non-hydrogen) atoms. The summed E-state index contributed by atoms with van der Waals surface area (Å²) in [6.07, 6.45) is 0.750. The Hall–Kier alpha value is 0.140. The molecule has 1 rings (SSSR count). The Morgan fingerprint density at radius 2 is 2.00 bits per heavy atom. The molecule has 0 saturated carbocycles. The predicted octanol–water partition coefficient (Wildman–Crippen LogP) is 2.39. The van der Waals surface area contributed by atoms with Crippen LogP contribution < -0.4 is 0 Å². The zero-order chi connectivity index (χ0) is 9.73. The van der Waals surface area contributed by atoms with Gasteiger partial charge in [0.2, 0.25) is 5.69 Å². The second-order valence-corrected chi connectivity index (χ2v) is 7.72. The molecule has 0 aliphatic rings. The van der Waals surface area contributed by atoms with E-state index in [1.54, 1.807) is 0 Å². The molecule has 1 aromatic carbocycles. The molecular formula is C8H11O2PS2. The average Bonchev–Trinajstić information content (AvgIpc) is 2.04. The summed E-state index contributed by atoms with van der Waals surface area (Å²) in [7, 11) is 0. The van der Waals surface area contributed by atoms with E-state index in [1.165, 1.54) is 5.56 Å². The molecule has 0 saturated heterocycles. The Balaban J connectivity index is 2.33. The first-order valence-corrected chi connectivity index (χ1v) is 7.64. The Morgan fingerprint density at radius 1 is 1.38 bits per heavy atom. The van der Waals surface area contributed by atoms with E-state index in [0.717, 1.165) is 6.42 Å². The van der Waals surface area contributed by atoms with Crippen LogP contribution in [-0.2, 0) is 22.8 Å². The minimum absolute atomic E-state index is 0.418. The minimum atomic E-state index is -2.77. The van der Waals surface area contributed by atoms with Gasteiger partial charge in [0.1, 0.15) is 0 Å². The molecule has 0 aromatic heterocycles. The monoisotopic (exact) mass is 234 g/mol. The maximum atomic E-state index is 9.06. The highest BCUT2D eigenvalue weighted by Gasteiger charge is 2.04. The molecule has 5 heteroatoms. The van der Waals surface area contributed by atoms with E-state index < -0.39 is 5.69 Å². The summed E-state index contributed by atoms with van der Waals surface area (Å²) in [5.41, 5.74) is -1.61. The molecule has 0 spiro atoms. The number of thiol groups is 1. The lowest BCUT2D eigenvalue weighted by atomic mass is 10.2. The lowest BCUT2D eigenvalue weighted by molar-refractivity contribution is 0.324. The van der Waals surface area contributed by atoms with Gasteiger partial charge < -0.3 is 9.42 Å². The largest absolute Gasteiger partial charge is 0.338 e. The standard InChI is InChI=1S/C8H11O2PS2/c9-11(12,13)10-7-6-8-4-2-1-3-5-8/h1-5H,6-7H2,(H2,9,12,13). The molecule has 0 radical (unpaired) electrons. The van der Waals surface area contributed by atoms with Gasteiger partial charge in [0, 0.05) is 0 Å². The summed E-state index contributed by atoms with van der Waals surface area (Å²) in [5, 5.41) is 0. The summed E-state index contributed by atoms with van der Waals surface area (Å²) in [6.45, 7) is 0.418. The third-order valence-corrected chi connectivity index (χ3v) is 2.67. The molecule has 0 aliphatic heterocycles. The van der Waals surface area contributed by atoms with Gasteiger partial charge in [-0.2, -0.15) is 0 Å². The van der Waals surface area contributed by atoms with Crippen molar-refractivity contribution in [2.24, 2.45) is 0 Å². The van der Waals surface area contributed by atoms with Crippen LogP contribution in [0.4, 0.5) is 0 Å². The first-order valence-electron chi connectivity index (χ1n) is 3.82.